The monoisotopic (exact) mass is 165 g/mol. The Morgan fingerprint density at radius 3 is 2.42 bits per heavy atom. The van der Waals surface area contributed by atoms with Crippen molar-refractivity contribution in [3.05, 3.63) is 36.8 Å². The number of aliphatic imine (C=N–C) groups is 1. The zero-order valence-electron chi connectivity index (χ0n) is 7.76. The van der Waals surface area contributed by atoms with Crippen molar-refractivity contribution >= 4 is 6.21 Å². The Kier molecular flexibility index (Phi) is 4.77. The van der Waals surface area contributed by atoms with Crippen LogP contribution in [0.5, 0.6) is 0 Å². The quantitative estimate of drug-likeness (QED) is 0.348. The molecule has 0 aliphatic rings. The van der Waals surface area contributed by atoms with Gasteiger partial charge in [-0.2, -0.15) is 0 Å². The molecule has 0 aromatic rings. The first-order valence-corrected chi connectivity index (χ1v) is 3.78. The van der Waals surface area contributed by atoms with Crippen LogP contribution in [0, 0.1) is 0 Å². The van der Waals surface area contributed by atoms with Crippen LogP contribution in [0.1, 0.15) is 13.8 Å². The van der Waals surface area contributed by atoms with Crippen molar-refractivity contribution in [3.8, 4) is 0 Å². The molecule has 0 aliphatic carbocycles. The highest BCUT2D eigenvalue weighted by Gasteiger charge is 1.90. The molecule has 0 aromatic carbocycles. The van der Waals surface area contributed by atoms with E-state index < -0.39 is 0 Å². The number of rotatable bonds is 5. The summed E-state index contributed by atoms with van der Waals surface area (Å²) in [6, 6.07) is 0. The van der Waals surface area contributed by atoms with Gasteiger partial charge >= 0.3 is 0 Å². The van der Waals surface area contributed by atoms with Crippen molar-refractivity contribution in [2.75, 3.05) is 6.61 Å². The van der Waals surface area contributed by atoms with Gasteiger partial charge < -0.3 is 4.74 Å². The summed E-state index contributed by atoms with van der Waals surface area (Å²) in [5.41, 5.74) is 1.49. The predicted octanol–water partition coefficient (Wildman–Crippen LogP) is 2.70. The Bertz CT molecular complexity index is 226. The Morgan fingerprint density at radius 1 is 1.42 bits per heavy atom. The maximum atomic E-state index is 5.06. The second kappa shape index (κ2) is 5.35. The molecule has 12 heavy (non-hydrogen) atoms. The number of nitrogens with zero attached hydrogens (tertiary/aromatic N) is 1. The van der Waals surface area contributed by atoms with Crippen molar-refractivity contribution < 1.29 is 4.74 Å². The number of allylic oxidation sites excluding steroid dienone is 2. The van der Waals surface area contributed by atoms with E-state index in [-0.39, 0.29) is 0 Å². The molecular weight excluding hydrogens is 150 g/mol. The molecule has 0 radical (unpaired) electrons. The highest BCUT2D eigenvalue weighted by atomic mass is 16.5. The van der Waals surface area contributed by atoms with Crippen LogP contribution in [0.4, 0.5) is 0 Å². The molecule has 2 heteroatoms. The van der Waals surface area contributed by atoms with Gasteiger partial charge in [-0.15, -0.1) is 0 Å². The predicted molar refractivity (Wildman–Crippen MR) is 53.2 cm³/mol. The average Bonchev–Trinajstić information content (AvgIpc) is 2.00. The second-order valence-electron chi connectivity index (χ2n) is 2.38. The fourth-order valence-corrected chi connectivity index (χ4v) is 0.483. The van der Waals surface area contributed by atoms with Crippen LogP contribution in [0.2, 0.25) is 0 Å². The fourth-order valence-electron chi connectivity index (χ4n) is 0.483. The molecule has 0 N–H and O–H groups in total. The van der Waals surface area contributed by atoms with Crippen LogP contribution < -0.4 is 0 Å². The van der Waals surface area contributed by atoms with Gasteiger partial charge in [0, 0.05) is 0 Å². The van der Waals surface area contributed by atoms with Crippen LogP contribution in [-0.2, 0) is 4.74 Å². The molecule has 0 unspecified atom stereocenters. The maximum absolute atomic E-state index is 5.06. The molecule has 66 valence electrons. The number of hydrogen-bond donors (Lipinski definition) is 0. The van der Waals surface area contributed by atoms with Gasteiger partial charge in [-0.3, -0.25) is 4.99 Å². The Morgan fingerprint density at radius 2 is 2.00 bits per heavy atom. The molecule has 0 heterocycles. The Balaban J connectivity index is 3.98. The van der Waals surface area contributed by atoms with Crippen molar-refractivity contribution in [1.29, 1.82) is 0 Å². The van der Waals surface area contributed by atoms with Crippen LogP contribution in [0.25, 0.3) is 0 Å². The van der Waals surface area contributed by atoms with Crippen LogP contribution in [-0.4, -0.2) is 12.8 Å². The average molecular weight is 165 g/mol. The Hall–Kier alpha value is -1.31. The van der Waals surface area contributed by atoms with E-state index in [9.17, 15) is 0 Å². The molecule has 0 atom stereocenters. The summed E-state index contributed by atoms with van der Waals surface area (Å²) in [4.78, 5) is 4.00. The summed E-state index contributed by atoms with van der Waals surface area (Å²) in [6.45, 7) is 15.4. The summed E-state index contributed by atoms with van der Waals surface area (Å²) in [6.07, 6.45) is 1.54. The zero-order valence-corrected chi connectivity index (χ0v) is 7.76. The van der Waals surface area contributed by atoms with E-state index in [1.807, 2.05) is 13.8 Å². The van der Waals surface area contributed by atoms with E-state index >= 15 is 0 Å². The van der Waals surface area contributed by atoms with Crippen LogP contribution >= 0.6 is 0 Å². The second-order valence-corrected chi connectivity index (χ2v) is 2.38. The van der Waals surface area contributed by atoms with Gasteiger partial charge in [0.15, 0.2) is 0 Å². The topological polar surface area (TPSA) is 21.6 Å². The fraction of sp³-hybridized carbons (Fsp3) is 0.300. The lowest BCUT2D eigenvalue weighted by Crippen LogP contribution is -1.91. The van der Waals surface area contributed by atoms with Gasteiger partial charge in [-0.05, 0) is 19.4 Å². The highest BCUT2D eigenvalue weighted by molar-refractivity contribution is 5.76. The summed E-state index contributed by atoms with van der Waals surface area (Å²) in [5, 5.41) is 0. The van der Waals surface area contributed by atoms with Crippen LogP contribution in [0.15, 0.2) is 41.8 Å². The number of hydrogen-bond acceptors (Lipinski definition) is 2. The molecule has 0 fully saturated rings. The van der Waals surface area contributed by atoms with Crippen molar-refractivity contribution in [2.24, 2.45) is 4.99 Å². The highest BCUT2D eigenvalue weighted by Crippen LogP contribution is 2.04. The van der Waals surface area contributed by atoms with Gasteiger partial charge in [0.25, 0.3) is 0 Å². The van der Waals surface area contributed by atoms with E-state index in [2.05, 4.69) is 24.7 Å². The third-order valence-corrected chi connectivity index (χ3v) is 1.19. The molecule has 0 aromatic heterocycles. The normalized spacial score (nSPS) is 9.83. The molecule has 0 amide bonds. The lowest BCUT2D eigenvalue weighted by Gasteiger charge is -2.00. The van der Waals surface area contributed by atoms with E-state index in [0.717, 1.165) is 5.57 Å². The summed E-state index contributed by atoms with van der Waals surface area (Å²) < 4.78 is 5.06. The minimum atomic E-state index is 0.542. The van der Waals surface area contributed by atoms with Gasteiger partial charge in [0.1, 0.15) is 5.76 Å². The third kappa shape index (κ3) is 4.50. The van der Waals surface area contributed by atoms with Crippen molar-refractivity contribution in [1.82, 2.24) is 0 Å². The number of ether oxygens (including phenoxy) is 1. The maximum Gasteiger partial charge on any atom is 0.130 e. The molecular formula is C10H15NO. The van der Waals surface area contributed by atoms with Gasteiger partial charge in [0.2, 0.25) is 0 Å². The van der Waals surface area contributed by atoms with Gasteiger partial charge in [-0.25, -0.2) is 0 Å². The standard InChI is InChI=1S/C10H15NO/c1-6-12-9(4)7-11-10(5)8(2)3/h7H,2,4-6H2,1,3H3. The largest absolute Gasteiger partial charge is 0.493 e. The SMILES string of the molecule is C=C(C=NC(=C)C(=C)C)OCC. The first-order valence-electron chi connectivity index (χ1n) is 3.78. The lowest BCUT2D eigenvalue weighted by molar-refractivity contribution is 0.253. The van der Waals surface area contributed by atoms with E-state index in [4.69, 9.17) is 4.74 Å². The zero-order chi connectivity index (χ0) is 9.56. The molecule has 0 aliphatic heterocycles. The third-order valence-electron chi connectivity index (χ3n) is 1.19. The summed E-state index contributed by atoms with van der Waals surface area (Å²) in [7, 11) is 0. The first-order chi connectivity index (χ1) is 5.57. The van der Waals surface area contributed by atoms with Crippen LogP contribution in [0.3, 0.4) is 0 Å². The van der Waals surface area contributed by atoms with E-state index in [0.29, 0.717) is 18.1 Å². The molecule has 0 saturated carbocycles. The first kappa shape index (κ1) is 10.7. The molecule has 0 bridgehead atoms. The van der Waals surface area contributed by atoms with Gasteiger partial charge in [-0.1, -0.05) is 19.7 Å². The molecule has 0 saturated heterocycles. The van der Waals surface area contributed by atoms with E-state index in [1.54, 1.807) is 6.21 Å². The summed E-state index contributed by atoms with van der Waals surface area (Å²) in [5.74, 6) is 0.542. The molecule has 2 nitrogen and oxygen atoms in total. The van der Waals surface area contributed by atoms with Crippen molar-refractivity contribution in [2.45, 2.75) is 13.8 Å². The van der Waals surface area contributed by atoms with Gasteiger partial charge in [0.05, 0.1) is 18.5 Å². The molecule has 0 rings (SSSR count). The molecule has 0 spiro atoms. The van der Waals surface area contributed by atoms with Crippen molar-refractivity contribution in [3.63, 3.8) is 0 Å². The summed E-state index contributed by atoms with van der Waals surface area (Å²) >= 11 is 0. The lowest BCUT2D eigenvalue weighted by atomic mass is 10.3. The smallest absolute Gasteiger partial charge is 0.130 e. The van der Waals surface area contributed by atoms with E-state index in [1.165, 1.54) is 0 Å². The minimum Gasteiger partial charge on any atom is -0.493 e. The Labute approximate surface area is 74.0 Å². The minimum absolute atomic E-state index is 0.542.